The molecule has 0 amide bonds. The molecule has 2 aromatic heterocycles. The van der Waals surface area contributed by atoms with Crippen molar-refractivity contribution in [2.24, 2.45) is 12.5 Å². The molecule has 154 valence electrons. The zero-order valence-electron chi connectivity index (χ0n) is 17.3. The first kappa shape index (κ1) is 19.8. The molecule has 0 bridgehead atoms. The monoisotopic (exact) mass is 395 g/mol. The lowest BCUT2D eigenvalue weighted by Crippen LogP contribution is -2.45. The van der Waals surface area contributed by atoms with E-state index in [4.69, 9.17) is 4.52 Å². The number of aliphatic hydroxyl groups excluding tert-OH is 1. The maximum atomic E-state index is 10.1. The summed E-state index contributed by atoms with van der Waals surface area (Å²) in [4.78, 5) is 4.55. The molecule has 1 unspecified atom stereocenters. The SMILES string of the molecule is CC(C)c1ccc(-c2noc(CNC(c3cnn(C)c3)C3(CO)CCC3)n2)cc1. The summed E-state index contributed by atoms with van der Waals surface area (Å²) in [6.45, 7) is 4.94. The van der Waals surface area contributed by atoms with Crippen LogP contribution in [0.3, 0.4) is 0 Å². The van der Waals surface area contributed by atoms with E-state index in [0.29, 0.717) is 24.2 Å². The number of nitrogens with zero attached hydrogens (tertiary/aromatic N) is 4. The first-order valence-electron chi connectivity index (χ1n) is 10.3. The van der Waals surface area contributed by atoms with Gasteiger partial charge in [-0.1, -0.05) is 49.7 Å². The minimum Gasteiger partial charge on any atom is -0.396 e. The van der Waals surface area contributed by atoms with Gasteiger partial charge in [-0.05, 0) is 24.3 Å². The first-order chi connectivity index (χ1) is 14.0. The normalized spacial score (nSPS) is 16.7. The molecule has 7 nitrogen and oxygen atoms in total. The molecule has 0 saturated heterocycles. The molecule has 1 aliphatic carbocycles. The van der Waals surface area contributed by atoms with E-state index in [2.05, 4.69) is 46.5 Å². The van der Waals surface area contributed by atoms with E-state index in [1.54, 1.807) is 4.68 Å². The van der Waals surface area contributed by atoms with Crippen molar-refractivity contribution < 1.29 is 9.63 Å². The third-order valence-corrected chi connectivity index (χ3v) is 6.10. The van der Waals surface area contributed by atoms with E-state index in [0.717, 1.165) is 30.4 Å². The van der Waals surface area contributed by atoms with Crippen molar-refractivity contribution >= 4 is 0 Å². The van der Waals surface area contributed by atoms with E-state index in [1.807, 2.05) is 31.6 Å². The summed E-state index contributed by atoms with van der Waals surface area (Å²) < 4.78 is 7.27. The van der Waals surface area contributed by atoms with Crippen molar-refractivity contribution in [3.63, 3.8) is 0 Å². The van der Waals surface area contributed by atoms with Crippen molar-refractivity contribution in [2.45, 2.75) is 51.6 Å². The highest BCUT2D eigenvalue weighted by Crippen LogP contribution is 2.49. The maximum absolute atomic E-state index is 10.1. The Morgan fingerprint density at radius 1 is 1.21 bits per heavy atom. The van der Waals surface area contributed by atoms with Crippen LogP contribution < -0.4 is 5.32 Å². The fourth-order valence-corrected chi connectivity index (χ4v) is 4.10. The Balaban J connectivity index is 1.48. The van der Waals surface area contributed by atoms with Crippen molar-refractivity contribution in [3.05, 3.63) is 53.7 Å². The largest absolute Gasteiger partial charge is 0.396 e. The van der Waals surface area contributed by atoms with Crippen molar-refractivity contribution in [1.82, 2.24) is 25.2 Å². The maximum Gasteiger partial charge on any atom is 0.240 e. The molecule has 1 atom stereocenters. The number of aryl methyl sites for hydroxylation is 1. The predicted molar refractivity (Wildman–Crippen MR) is 110 cm³/mol. The fraction of sp³-hybridized carbons (Fsp3) is 0.500. The standard InChI is InChI=1S/C22H29N5O2/c1-15(2)16-5-7-17(8-6-16)21-25-19(29-26-21)12-23-20(18-11-24-27(3)13-18)22(14-28)9-4-10-22/h5-8,11,13,15,20,23,28H,4,9-10,12,14H2,1-3H3. The molecular weight excluding hydrogens is 366 g/mol. The van der Waals surface area contributed by atoms with Crippen LogP contribution in [-0.4, -0.2) is 31.6 Å². The summed E-state index contributed by atoms with van der Waals surface area (Å²) in [5.74, 6) is 1.62. The minimum absolute atomic E-state index is 0.00405. The van der Waals surface area contributed by atoms with Crippen LogP contribution >= 0.6 is 0 Å². The number of hydrogen-bond donors (Lipinski definition) is 2. The molecule has 2 heterocycles. The molecule has 0 radical (unpaired) electrons. The summed E-state index contributed by atoms with van der Waals surface area (Å²) in [7, 11) is 1.90. The molecule has 29 heavy (non-hydrogen) atoms. The van der Waals surface area contributed by atoms with E-state index in [1.165, 1.54) is 5.56 Å². The quantitative estimate of drug-likeness (QED) is 0.606. The zero-order chi connectivity index (χ0) is 20.4. The van der Waals surface area contributed by atoms with E-state index >= 15 is 0 Å². The van der Waals surface area contributed by atoms with Gasteiger partial charge in [0.15, 0.2) is 0 Å². The molecule has 1 aliphatic rings. The Bertz CT molecular complexity index is 935. The lowest BCUT2D eigenvalue weighted by Gasteiger charge is -2.46. The molecule has 4 rings (SSSR count). The van der Waals surface area contributed by atoms with Gasteiger partial charge in [0.05, 0.1) is 19.3 Å². The van der Waals surface area contributed by atoms with E-state index in [-0.39, 0.29) is 18.1 Å². The van der Waals surface area contributed by atoms with Crippen LogP contribution in [0.1, 0.15) is 62.1 Å². The Hall–Kier alpha value is -2.51. The van der Waals surface area contributed by atoms with Crippen molar-refractivity contribution in [2.75, 3.05) is 6.61 Å². The molecule has 1 aromatic carbocycles. The Morgan fingerprint density at radius 2 is 1.97 bits per heavy atom. The third-order valence-electron chi connectivity index (χ3n) is 6.10. The van der Waals surface area contributed by atoms with Gasteiger partial charge < -0.3 is 14.9 Å². The van der Waals surface area contributed by atoms with Gasteiger partial charge in [0.25, 0.3) is 0 Å². The van der Waals surface area contributed by atoms with Crippen LogP contribution in [-0.2, 0) is 13.6 Å². The highest BCUT2D eigenvalue weighted by atomic mass is 16.5. The van der Waals surface area contributed by atoms with Crippen LogP contribution in [0.2, 0.25) is 0 Å². The Morgan fingerprint density at radius 3 is 2.52 bits per heavy atom. The average molecular weight is 396 g/mol. The molecule has 1 fully saturated rings. The van der Waals surface area contributed by atoms with Crippen LogP contribution in [0, 0.1) is 5.41 Å². The first-order valence-corrected chi connectivity index (χ1v) is 10.3. The van der Waals surface area contributed by atoms with Gasteiger partial charge in [-0.25, -0.2) is 0 Å². The highest BCUT2D eigenvalue weighted by Gasteiger charge is 2.44. The van der Waals surface area contributed by atoms with Gasteiger partial charge in [0.1, 0.15) is 0 Å². The van der Waals surface area contributed by atoms with Gasteiger partial charge in [0, 0.05) is 35.8 Å². The predicted octanol–water partition coefficient (Wildman–Crippen LogP) is 3.59. The summed E-state index contributed by atoms with van der Waals surface area (Å²) in [6, 6.07) is 8.27. The van der Waals surface area contributed by atoms with Crippen LogP contribution in [0.25, 0.3) is 11.4 Å². The van der Waals surface area contributed by atoms with Crippen molar-refractivity contribution in [1.29, 1.82) is 0 Å². The fourth-order valence-electron chi connectivity index (χ4n) is 4.10. The highest BCUT2D eigenvalue weighted by molar-refractivity contribution is 5.54. The smallest absolute Gasteiger partial charge is 0.240 e. The number of aromatic nitrogens is 4. The zero-order valence-corrected chi connectivity index (χ0v) is 17.3. The van der Waals surface area contributed by atoms with Gasteiger partial charge in [-0.3, -0.25) is 4.68 Å². The molecule has 0 spiro atoms. The average Bonchev–Trinajstić information content (AvgIpc) is 3.33. The molecular formula is C22H29N5O2. The van der Waals surface area contributed by atoms with Gasteiger partial charge in [0.2, 0.25) is 11.7 Å². The topological polar surface area (TPSA) is 89.0 Å². The molecule has 0 aliphatic heterocycles. The second-order valence-electron chi connectivity index (χ2n) is 8.42. The number of aliphatic hydroxyl groups is 1. The number of nitrogens with one attached hydrogen (secondary N) is 1. The summed E-state index contributed by atoms with van der Waals surface area (Å²) >= 11 is 0. The van der Waals surface area contributed by atoms with Gasteiger partial charge >= 0.3 is 0 Å². The van der Waals surface area contributed by atoms with Crippen molar-refractivity contribution in [3.8, 4) is 11.4 Å². The van der Waals surface area contributed by atoms with E-state index < -0.39 is 0 Å². The Kier molecular flexibility index (Phi) is 5.52. The molecule has 2 N–H and O–H groups in total. The Labute approximate surface area is 171 Å². The number of hydrogen-bond acceptors (Lipinski definition) is 6. The summed E-state index contributed by atoms with van der Waals surface area (Å²) in [6.07, 6.45) is 6.99. The minimum atomic E-state index is -0.154. The van der Waals surface area contributed by atoms with Crippen LogP contribution in [0.15, 0.2) is 41.2 Å². The van der Waals surface area contributed by atoms with Gasteiger partial charge in [-0.15, -0.1) is 0 Å². The number of benzene rings is 1. The summed E-state index contributed by atoms with van der Waals surface area (Å²) in [5.41, 5.74) is 3.15. The second kappa shape index (κ2) is 8.08. The van der Waals surface area contributed by atoms with Gasteiger partial charge in [-0.2, -0.15) is 10.1 Å². The molecule has 1 saturated carbocycles. The molecule has 3 aromatic rings. The third kappa shape index (κ3) is 3.97. The number of rotatable bonds is 8. The lowest BCUT2D eigenvalue weighted by molar-refractivity contribution is 0.00375. The summed E-state index contributed by atoms with van der Waals surface area (Å²) in [5, 5.41) is 22.1. The lowest BCUT2D eigenvalue weighted by atomic mass is 9.63. The molecule has 7 heteroatoms. The van der Waals surface area contributed by atoms with Crippen LogP contribution in [0.4, 0.5) is 0 Å². The van der Waals surface area contributed by atoms with Crippen LogP contribution in [0.5, 0.6) is 0 Å². The second-order valence-corrected chi connectivity index (χ2v) is 8.42. The van der Waals surface area contributed by atoms with E-state index in [9.17, 15) is 5.11 Å².